The zero-order valence-corrected chi connectivity index (χ0v) is 14.8. The number of rotatable bonds is 5. The van der Waals surface area contributed by atoms with Crippen molar-refractivity contribution in [3.8, 4) is 17.2 Å². The highest BCUT2D eigenvalue weighted by Crippen LogP contribution is 2.40. The number of carbonyl (C=O) groups is 1. The van der Waals surface area contributed by atoms with Gasteiger partial charge in [0.15, 0.2) is 0 Å². The maximum Gasteiger partial charge on any atom is 0.262 e. The minimum atomic E-state index is -0.252. The van der Waals surface area contributed by atoms with Crippen LogP contribution in [0.3, 0.4) is 0 Å². The highest BCUT2D eigenvalue weighted by molar-refractivity contribution is 7.14. The molecule has 0 saturated heterocycles. The quantitative estimate of drug-likeness (QED) is 0.842. The molecule has 2 rings (SSSR count). The molecule has 0 fully saturated rings. The Balaban J connectivity index is 2.66. The molecule has 2 aromatic rings. The van der Waals surface area contributed by atoms with Gasteiger partial charge in [0.05, 0.1) is 5.56 Å². The van der Waals surface area contributed by atoms with Crippen LogP contribution in [0, 0.1) is 11.3 Å². The molecule has 1 aromatic heterocycles. The van der Waals surface area contributed by atoms with E-state index in [1.165, 1.54) is 11.3 Å². The van der Waals surface area contributed by atoms with E-state index >= 15 is 0 Å². The third-order valence-electron chi connectivity index (χ3n) is 3.25. The van der Waals surface area contributed by atoms with E-state index in [4.69, 9.17) is 28.9 Å². The molecule has 0 radical (unpaired) electrons. The Hall–Kier alpha value is -1.58. The Morgan fingerprint density at radius 3 is 2.74 bits per heavy atom. The number of nitriles is 1. The van der Waals surface area contributed by atoms with Gasteiger partial charge in [0.1, 0.15) is 10.9 Å². The first-order chi connectivity index (χ1) is 11.0. The highest BCUT2D eigenvalue weighted by Gasteiger charge is 2.24. The lowest BCUT2D eigenvalue weighted by Crippen LogP contribution is -2.28. The van der Waals surface area contributed by atoms with Crippen molar-refractivity contribution in [2.75, 3.05) is 13.1 Å². The number of nitrogens with two attached hydrogens (primary N) is 1. The van der Waals surface area contributed by atoms with E-state index in [0.29, 0.717) is 51.1 Å². The van der Waals surface area contributed by atoms with Crippen LogP contribution in [0.5, 0.6) is 0 Å². The zero-order valence-electron chi connectivity index (χ0n) is 12.5. The molecule has 7 heteroatoms. The van der Waals surface area contributed by atoms with Crippen molar-refractivity contribution in [3.63, 3.8) is 0 Å². The largest absolute Gasteiger partial charge is 0.350 e. The second-order valence-electron chi connectivity index (χ2n) is 4.74. The Kier molecular flexibility index (Phi) is 6.03. The van der Waals surface area contributed by atoms with Crippen molar-refractivity contribution in [1.82, 2.24) is 5.32 Å². The van der Waals surface area contributed by atoms with Crippen LogP contribution < -0.4 is 11.1 Å². The number of amides is 1. The maximum atomic E-state index is 12.4. The topological polar surface area (TPSA) is 78.9 Å². The molecule has 0 unspecified atom stereocenters. The molecule has 0 spiro atoms. The lowest BCUT2D eigenvalue weighted by atomic mass is 9.99. The average Bonchev–Trinajstić information content (AvgIpc) is 2.91. The molecule has 3 N–H and O–H groups in total. The van der Waals surface area contributed by atoms with Gasteiger partial charge in [-0.25, -0.2) is 0 Å². The van der Waals surface area contributed by atoms with Gasteiger partial charge in [0.25, 0.3) is 5.91 Å². The van der Waals surface area contributed by atoms with Gasteiger partial charge in [0, 0.05) is 39.1 Å². The molecule has 1 heterocycles. The minimum absolute atomic E-state index is 0.252. The molecular formula is C16H15Cl2N3OS. The summed E-state index contributed by atoms with van der Waals surface area (Å²) < 4.78 is 0. The van der Waals surface area contributed by atoms with Crippen LogP contribution in [0.25, 0.3) is 11.1 Å². The summed E-state index contributed by atoms with van der Waals surface area (Å²) in [7, 11) is 0. The second-order valence-corrected chi connectivity index (χ2v) is 6.69. The summed E-state index contributed by atoms with van der Waals surface area (Å²) in [5.41, 5.74) is 7.11. The van der Waals surface area contributed by atoms with Crippen molar-refractivity contribution < 1.29 is 4.79 Å². The predicted molar refractivity (Wildman–Crippen MR) is 95.3 cm³/mol. The lowest BCUT2D eigenvalue weighted by Gasteiger charge is -2.08. The zero-order chi connectivity index (χ0) is 17.0. The third kappa shape index (κ3) is 3.67. The standard InChI is InChI=1S/C16H15Cl2N3OS/c1-2-13-11(8-20)14(10-4-3-9(17)7-12(10)18)15(23-13)16(22)21-6-5-19/h3-4,7H,2,5-6,19H2,1H3,(H,21,22). The fourth-order valence-electron chi connectivity index (χ4n) is 2.22. The first-order valence-electron chi connectivity index (χ1n) is 7.02. The fourth-order valence-corrected chi connectivity index (χ4v) is 3.84. The molecular weight excluding hydrogens is 353 g/mol. The van der Waals surface area contributed by atoms with Gasteiger partial charge < -0.3 is 11.1 Å². The predicted octanol–water partition coefficient (Wildman–Crippen LogP) is 3.84. The van der Waals surface area contributed by atoms with Crippen LogP contribution in [-0.2, 0) is 6.42 Å². The van der Waals surface area contributed by atoms with Gasteiger partial charge in [-0.2, -0.15) is 5.26 Å². The van der Waals surface area contributed by atoms with E-state index in [1.807, 2.05) is 6.92 Å². The maximum absolute atomic E-state index is 12.4. The molecule has 0 saturated carbocycles. The molecule has 23 heavy (non-hydrogen) atoms. The molecule has 120 valence electrons. The Morgan fingerprint density at radius 2 is 2.17 bits per heavy atom. The van der Waals surface area contributed by atoms with Gasteiger partial charge in [0.2, 0.25) is 0 Å². The molecule has 4 nitrogen and oxygen atoms in total. The van der Waals surface area contributed by atoms with Gasteiger partial charge >= 0.3 is 0 Å². The van der Waals surface area contributed by atoms with E-state index in [1.54, 1.807) is 18.2 Å². The Bertz CT molecular complexity index is 780. The lowest BCUT2D eigenvalue weighted by molar-refractivity contribution is 0.0959. The summed E-state index contributed by atoms with van der Waals surface area (Å²) in [4.78, 5) is 13.8. The van der Waals surface area contributed by atoms with E-state index in [-0.39, 0.29) is 5.91 Å². The molecule has 1 aromatic carbocycles. The van der Waals surface area contributed by atoms with E-state index in [9.17, 15) is 10.1 Å². The number of aryl methyl sites for hydroxylation is 1. The number of hydrogen-bond acceptors (Lipinski definition) is 4. The van der Waals surface area contributed by atoms with Gasteiger partial charge in [-0.3, -0.25) is 4.79 Å². The van der Waals surface area contributed by atoms with E-state index in [0.717, 1.165) is 4.88 Å². The molecule has 0 aliphatic carbocycles. The van der Waals surface area contributed by atoms with Crippen molar-refractivity contribution in [3.05, 3.63) is 43.6 Å². The number of halogens is 2. The summed E-state index contributed by atoms with van der Waals surface area (Å²) in [6.45, 7) is 2.66. The fraction of sp³-hybridized carbons (Fsp3) is 0.250. The summed E-state index contributed by atoms with van der Waals surface area (Å²) in [5, 5.41) is 13.2. The number of thiophene rings is 1. The van der Waals surface area contributed by atoms with Crippen LogP contribution in [-0.4, -0.2) is 19.0 Å². The van der Waals surface area contributed by atoms with Gasteiger partial charge in [-0.05, 0) is 18.6 Å². The number of carbonyl (C=O) groups excluding carboxylic acids is 1. The highest BCUT2D eigenvalue weighted by atomic mass is 35.5. The smallest absolute Gasteiger partial charge is 0.262 e. The molecule has 0 atom stereocenters. The molecule has 1 amide bonds. The third-order valence-corrected chi connectivity index (χ3v) is 5.13. The summed E-state index contributed by atoms with van der Waals surface area (Å²) in [6.07, 6.45) is 0.663. The van der Waals surface area contributed by atoms with Gasteiger partial charge in [-0.1, -0.05) is 36.2 Å². The summed E-state index contributed by atoms with van der Waals surface area (Å²) in [5.74, 6) is -0.252. The van der Waals surface area contributed by atoms with Crippen molar-refractivity contribution in [2.24, 2.45) is 5.73 Å². The minimum Gasteiger partial charge on any atom is -0.350 e. The van der Waals surface area contributed by atoms with Crippen LogP contribution in [0.1, 0.15) is 27.0 Å². The van der Waals surface area contributed by atoms with Crippen molar-refractivity contribution in [1.29, 1.82) is 5.26 Å². The number of hydrogen-bond donors (Lipinski definition) is 2. The number of nitrogens with zero attached hydrogens (tertiary/aromatic N) is 1. The van der Waals surface area contributed by atoms with Crippen LogP contribution in [0.4, 0.5) is 0 Å². The molecule has 0 bridgehead atoms. The molecule has 0 aliphatic rings. The van der Waals surface area contributed by atoms with Crippen molar-refractivity contribution >= 4 is 40.4 Å². The number of nitrogens with one attached hydrogen (secondary N) is 1. The Morgan fingerprint density at radius 1 is 1.43 bits per heavy atom. The monoisotopic (exact) mass is 367 g/mol. The molecule has 0 aliphatic heterocycles. The Labute approximate surface area is 148 Å². The normalized spacial score (nSPS) is 10.4. The first-order valence-corrected chi connectivity index (χ1v) is 8.60. The first kappa shape index (κ1) is 17.8. The number of benzene rings is 1. The summed E-state index contributed by atoms with van der Waals surface area (Å²) >= 11 is 13.5. The summed E-state index contributed by atoms with van der Waals surface area (Å²) in [6, 6.07) is 7.22. The second kappa shape index (κ2) is 7.80. The average molecular weight is 368 g/mol. The van der Waals surface area contributed by atoms with Crippen LogP contribution >= 0.6 is 34.5 Å². The SMILES string of the molecule is CCc1sc(C(=O)NCCN)c(-c2ccc(Cl)cc2Cl)c1C#N. The van der Waals surface area contributed by atoms with E-state index in [2.05, 4.69) is 11.4 Å². The van der Waals surface area contributed by atoms with Crippen LogP contribution in [0.15, 0.2) is 18.2 Å². The van der Waals surface area contributed by atoms with Crippen LogP contribution in [0.2, 0.25) is 10.0 Å². The van der Waals surface area contributed by atoms with E-state index < -0.39 is 0 Å². The van der Waals surface area contributed by atoms with Gasteiger partial charge in [-0.15, -0.1) is 11.3 Å². The van der Waals surface area contributed by atoms with Crippen molar-refractivity contribution in [2.45, 2.75) is 13.3 Å².